The summed E-state index contributed by atoms with van der Waals surface area (Å²) in [4.78, 5) is 31.1. The molecule has 15 heteroatoms. The summed E-state index contributed by atoms with van der Waals surface area (Å²) in [5.74, 6) is 1.19. The van der Waals surface area contributed by atoms with E-state index < -0.39 is 16.1 Å². The van der Waals surface area contributed by atoms with Crippen molar-refractivity contribution in [3.8, 4) is 11.1 Å². The molecule has 1 aliphatic rings. The molecule has 4 N–H and O–H groups in total. The first-order valence-electron chi connectivity index (χ1n) is 12.9. The van der Waals surface area contributed by atoms with Crippen LogP contribution < -0.4 is 16.4 Å². The monoisotopic (exact) mass is 597 g/mol. The SMILES string of the molecule is COC(=O)Nc1nc(C)c(S(=O)(=O)N2CCN(C[C@H](C)Nc3ncnc4c(-c5ccc(N)nc5)cccc34)CC2)s1. The van der Waals surface area contributed by atoms with Gasteiger partial charge in [0.15, 0.2) is 9.34 Å². The minimum Gasteiger partial charge on any atom is -0.453 e. The Labute approximate surface area is 241 Å². The number of sulfonamides is 1. The molecule has 216 valence electrons. The first-order valence-corrected chi connectivity index (χ1v) is 15.2. The van der Waals surface area contributed by atoms with E-state index in [2.05, 4.69) is 47.1 Å². The Kier molecular flexibility index (Phi) is 8.30. The Balaban J connectivity index is 1.22. The third-order valence-corrected chi connectivity index (χ3v) is 10.3. The predicted molar refractivity (Wildman–Crippen MR) is 158 cm³/mol. The first kappa shape index (κ1) is 28.6. The van der Waals surface area contributed by atoms with Gasteiger partial charge in [-0.25, -0.2) is 33.1 Å². The van der Waals surface area contributed by atoms with Gasteiger partial charge in [0.1, 0.15) is 18.0 Å². The Morgan fingerprint density at radius 2 is 1.93 bits per heavy atom. The Hall–Kier alpha value is -3.92. The topological polar surface area (TPSA) is 169 Å². The molecule has 1 aliphatic heterocycles. The molecular formula is C26H31N9O4S2. The molecule has 0 unspecified atom stereocenters. The highest BCUT2D eigenvalue weighted by Gasteiger charge is 2.32. The number of hydrogen-bond donors (Lipinski definition) is 3. The number of ether oxygens (including phenoxy) is 1. The quantitative estimate of drug-likeness (QED) is 0.273. The van der Waals surface area contributed by atoms with Crippen molar-refractivity contribution in [2.45, 2.75) is 24.1 Å². The number of anilines is 3. The zero-order chi connectivity index (χ0) is 29.1. The lowest BCUT2D eigenvalue weighted by Gasteiger charge is -2.35. The van der Waals surface area contributed by atoms with Gasteiger partial charge in [-0.1, -0.05) is 23.5 Å². The molecule has 0 aliphatic carbocycles. The predicted octanol–water partition coefficient (Wildman–Crippen LogP) is 3.02. The zero-order valence-corrected chi connectivity index (χ0v) is 24.5. The molecule has 1 aromatic carbocycles. The number of aromatic nitrogens is 4. The molecule has 1 amide bonds. The van der Waals surface area contributed by atoms with E-state index in [9.17, 15) is 13.2 Å². The zero-order valence-electron chi connectivity index (χ0n) is 22.9. The van der Waals surface area contributed by atoms with Gasteiger partial charge >= 0.3 is 6.09 Å². The molecule has 3 aromatic heterocycles. The number of carbonyl (C=O) groups is 1. The maximum absolute atomic E-state index is 13.3. The van der Waals surface area contributed by atoms with Crippen molar-refractivity contribution in [1.82, 2.24) is 29.1 Å². The lowest BCUT2D eigenvalue weighted by molar-refractivity contribution is 0.184. The number of nitrogen functional groups attached to an aromatic ring is 1. The fourth-order valence-corrected chi connectivity index (χ4v) is 7.71. The second kappa shape index (κ2) is 11.9. The van der Waals surface area contributed by atoms with Crippen molar-refractivity contribution >= 4 is 55.1 Å². The van der Waals surface area contributed by atoms with Gasteiger partial charge in [0.05, 0.1) is 18.3 Å². The Morgan fingerprint density at radius 3 is 2.63 bits per heavy atom. The molecule has 4 heterocycles. The van der Waals surface area contributed by atoms with Crippen LogP contribution >= 0.6 is 11.3 Å². The number of aryl methyl sites for hydroxylation is 1. The van der Waals surface area contributed by atoms with E-state index >= 15 is 0 Å². The van der Waals surface area contributed by atoms with E-state index in [1.807, 2.05) is 24.3 Å². The van der Waals surface area contributed by atoms with Gasteiger partial charge in [0.25, 0.3) is 10.0 Å². The number of methoxy groups -OCH3 is 1. The van der Waals surface area contributed by atoms with Gasteiger partial charge in [0, 0.05) is 61.5 Å². The highest BCUT2D eigenvalue weighted by Crippen LogP contribution is 2.31. The number of fused-ring (bicyclic) bond motifs is 1. The van der Waals surface area contributed by atoms with Crippen molar-refractivity contribution in [2.75, 3.05) is 56.2 Å². The van der Waals surface area contributed by atoms with Crippen LogP contribution in [0.3, 0.4) is 0 Å². The maximum Gasteiger partial charge on any atom is 0.413 e. The number of nitrogens with two attached hydrogens (primary N) is 1. The number of nitrogens with zero attached hydrogens (tertiary/aromatic N) is 6. The summed E-state index contributed by atoms with van der Waals surface area (Å²) < 4.78 is 32.8. The van der Waals surface area contributed by atoms with Gasteiger partial charge < -0.3 is 15.8 Å². The molecule has 5 rings (SSSR count). The minimum atomic E-state index is -3.74. The number of hydrogen-bond acceptors (Lipinski definition) is 12. The van der Waals surface area contributed by atoms with Crippen LogP contribution in [-0.2, 0) is 14.8 Å². The Morgan fingerprint density at radius 1 is 1.15 bits per heavy atom. The molecule has 41 heavy (non-hydrogen) atoms. The van der Waals surface area contributed by atoms with Crippen molar-refractivity contribution in [3.05, 3.63) is 48.5 Å². The molecule has 0 radical (unpaired) electrons. The summed E-state index contributed by atoms with van der Waals surface area (Å²) >= 11 is 0.920. The third-order valence-electron chi connectivity index (χ3n) is 6.73. The largest absolute Gasteiger partial charge is 0.453 e. The van der Waals surface area contributed by atoms with Gasteiger partial charge in [0.2, 0.25) is 0 Å². The molecular weight excluding hydrogens is 566 g/mol. The Bertz CT molecular complexity index is 1650. The maximum atomic E-state index is 13.3. The summed E-state index contributed by atoms with van der Waals surface area (Å²) in [6, 6.07) is 9.66. The van der Waals surface area contributed by atoms with Crippen LogP contribution in [0.15, 0.2) is 47.1 Å². The third kappa shape index (κ3) is 6.22. The highest BCUT2D eigenvalue weighted by molar-refractivity contribution is 7.91. The summed E-state index contributed by atoms with van der Waals surface area (Å²) in [5.41, 5.74) is 8.76. The van der Waals surface area contributed by atoms with Gasteiger partial charge in [-0.3, -0.25) is 10.2 Å². The highest BCUT2D eigenvalue weighted by atomic mass is 32.2. The van der Waals surface area contributed by atoms with E-state index in [0.29, 0.717) is 44.2 Å². The minimum absolute atomic E-state index is 0.0359. The van der Waals surface area contributed by atoms with E-state index in [0.717, 1.165) is 39.2 Å². The number of carbonyl (C=O) groups excluding carboxylic acids is 1. The van der Waals surface area contributed by atoms with Crippen LogP contribution in [0.5, 0.6) is 0 Å². The van der Waals surface area contributed by atoms with Crippen molar-refractivity contribution < 1.29 is 17.9 Å². The van der Waals surface area contributed by atoms with E-state index in [-0.39, 0.29) is 15.4 Å². The summed E-state index contributed by atoms with van der Waals surface area (Å²) in [6.07, 6.45) is 2.58. The molecule has 0 saturated carbocycles. The number of thiazole rings is 1. The molecule has 13 nitrogen and oxygen atoms in total. The first-order chi connectivity index (χ1) is 19.7. The summed E-state index contributed by atoms with van der Waals surface area (Å²) in [5, 5.41) is 7.01. The average molecular weight is 598 g/mol. The molecule has 4 aromatic rings. The van der Waals surface area contributed by atoms with Gasteiger partial charge in [-0.2, -0.15) is 4.31 Å². The van der Waals surface area contributed by atoms with E-state index in [1.54, 1.807) is 25.5 Å². The summed E-state index contributed by atoms with van der Waals surface area (Å²) in [7, 11) is -2.51. The van der Waals surface area contributed by atoms with Gasteiger partial charge in [-0.15, -0.1) is 0 Å². The molecule has 0 bridgehead atoms. The molecule has 1 saturated heterocycles. The second-order valence-electron chi connectivity index (χ2n) is 9.65. The fourth-order valence-electron chi connectivity index (χ4n) is 4.75. The van der Waals surface area contributed by atoms with Crippen LogP contribution in [0.25, 0.3) is 22.0 Å². The number of amides is 1. The standard InChI is InChI=1S/C26H31N9O4S2/c1-16(31-23-20-6-4-5-19(22(20)29-15-30-23)18-7-8-21(27)28-13-18)14-34-9-11-35(12-10-34)41(37,38)24-17(2)32-25(40-24)33-26(36)39-3/h4-8,13,15-16H,9-12,14H2,1-3H3,(H2,27,28)(H,29,30,31)(H,32,33,36)/t16-/m0/s1. The lowest BCUT2D eigenvalue weighted by Crippen LogP contribution is -2.50. The van der Waals surface area contributed by atoms with Gasteiger partial charge in [-0.05, 0) is 32.0 Å². The van der Waals surface area contributed by atoms with Crippen LogP contribution in [0.2, 0.25) is 0 Å². The number of rotatable bonds is 8. The molecule has 1 atom stereocenters. The number of para-hydroxylation sites is 1. The number of nitrogens with one attached hydrogen (secondary N) is 2. The van der Waals surface area contributed by atoms with Crippen molar-refractivity contribution in [3.63, 3.8) is 0 Å². The second-order valence-corrected chi connectivity index (χ2v) is 12.8. The van der Waals surface area contributed by atoms with E-state index in [1.165, 1.54) is 11.4 Å². The van der Waals surface area contributed by atoms with Crippen molar-refractivity contribution in [2.24, 2.45) is 0 Å². The fraction of sp³-hybridized carbons (Fsp3) is 0.346. The van der Waals surface area contributed by atoms with Crippen LogP contribution in [0, 0.1) is 6.92 Å². The van der Waals surface area contributed by atoms with E-state index in [4.69, 9.17) is 5.73 Å². The number of benzene rings is 1. The van der Waals surface area contributed by atoms with Crippen LogP contribution in [0.4, 0.5) is 21.6 Å². The number of pyridine rings is 1. The molecule has 0 spiro atoms. The summed E-state index contributed by atoms with van der Waals surface area (Å²) in [6.45, 7) is 6.24. The van der Waals surface area contributed by atoms with Crippen LogP contribution in [-0.4, -0.2) is 89.5 Å². The molecule has 1 fully saturated rings. The van der Waals surface area contributed by atoms with Crippen LogP contribution in [0.1, 0.15) is 12.6 Å². The average Bonchev–Trinajstić information content (AvgIpc) is 3.34. The smallest absolute Gasteiger partial charge is 0.413 e. The lowest BCUT2D eigenvalue weighted by atomic mass is 10.0. The van der Waals surface area contributed by atoms with Crippen molar-refractivity contribution in [1.29, 1.82) is 0 Å². The number of piperazine rings is 1. The normalized spacial score (nSPS) is 15.5.